The molecule has 2 rings (SSSR count). The minimum absolute atomic E-state index is 0.0544. The van der Waals surface area contributed by atoms with Crippen LogP contribution in [-0.2, 0) is 19.0 Å². The summed E-state index contributed by atoms with van der Waals surface area (Å²) in [6.45, 7) is 2.96. The van der Waals surface area contributed by atoms with E-state index in [1.807, 2.05) is 0 Å². The van der Waals surface area contributed by atoms with Gasteiger partial charge in [-0.3, -0.25) is 4.99 Å². The standard InChI is InChI=1S/C18H25NO7S.C4H11NO3/c1-18(17(21)22)12-27-16(19-18)13-4-3-5-14(15(13)20)26-11-10-25-9-8-24-7-6-23-2;5-4(1-6,2-7)3-8/h3-5,20H,6-12H2,1-2H3,(H,21,22);6-8H,1-3,5H2/t18-;/m1./s1. The van der Waals surface area contributed by atoms with Crippen LogP contribution < -0.4 is 10.5 Å². The molecule has 13 heteroatoms. The van der Waals surface area contributed by atoms with E-state index >= 15 is 0 Å². The number of aromatic hydroxyl groups is 1. The molecule has 0 aliphatic carbocycles. The van der Waals surface area contributed by atoms with Crippen molar-refractivity contribution in [2.24, 2.45) is 10.7 Å². The quantitative estimate of drug-likeness (QED) is 0.162. The summed E-state index contributed by atoms with van der Waals surface area (Å²) in [5.41, 5.74) is 3.23. The lowest BCUT2D eigenvalue weighted by Crippen LogP contribution is -2.50. The van der Waals surface area contributed by atoms with Crippen LogP contribution in [0, 0.1) is 0 Å². The van der Waals surface area contributed by atoms with Gasteiger partial charge in [0.05, 0.1) is 64.0 Å². The van der Waals surface area contributed by atoms with Crippen molar-refractivity contribution in [1.82, 2.24) is 0 Å². The second kappa shape index (κ2) is 15.9. The van der Waals surface area contributed by atoms with Crippen LogP contribution >= 0.6 is 11.8 Å². The molecule has 1 aromatic carbocycles. The number of aliphatic hydroxyl groups is 3. The van der Waals surface area contributed by atoms with Crippen LogP contribution in [0.25, 0.3) is 0 Å². The van der Waals surface area contributed by atoms with Gasteiger partial charge in [0, 0.05) is 12.9 Å². The highest BCUT2D eigenvalue weighted by Gasteiger charge is 2.39. The molecule has 0 radical (unpaired) electrons. The predicted octanol–water partition coefficient (Wildman–Crippen LogP) is -0.552. The Balaban J connectivity index is 0.000000658. The molecule has 1 atom stereocenters. The molecular weight excluding hydrogens is 484 g/mol. The van der Waals surface area contributed by atoms with E-state index in [2.05, 4.69) is 4.99 Å². The number of nitrogens with two attached hydrogens (primary N) is 1. The van der Waals surface area contributed by atoms with Gasteiger partial charge in [-0.05, 0) is 19.1 Å². The number of carbonyl (C=O) groups is 1. The maximum atomic E-state index is 11.3. The Kier molecular flexibility index (Phi) is 14.1. The summed E-state index contributed by atoms with van der Waals surface area (Å²) < 4.78 is 21.1. The van der Waals surface area contributed by atoms with Crippen LogP contribution in [-0.4, -0.2) is 120 Å². The van der Waals surface area contributed by atoms with Crippen molar-refractivity contribution in [3.63, 3.8) is 0 Å². The number of rotatable bonds is 15. The first kappa shape index (κ1) is 31.1. The molecule has 0 saturated carbocycles. The van der Waals surface area contributed by atoms with Gasteiger partial charge in [-0.25, -0.2) is 4.79 Å². The van der Waals surface area contributed by atoms with Gasteiger partial charge in [0.15, 0.2) is 17.0 Å². The number of aliphatic hydroxyl groups excluding tert-OH is 3. The fourth-order valence-electron chi connectivity index (χ4n) is 2.38. The molecule has 0 unspecified atom stereocenters. The SMILES string of the molecule is COCCOCCOCCOc1cccc(C2=N[C@@](C)(C(=O)O)CS2)c1O.NC(CO)(CO)CO. The van der Waals surface area contributed by atoms with E-state index in [1.54, 1.807) is 32.2 Å². The van der Waals surface area contributed by atoms with E-state index in [-0.39, 0.29) is 12.4 Å². The number of nitrogens with zero attached hydrogens (tertiary/aromatic N) is 1. The molecule has 200 valence electrons. The number of para-hydroxylation sites is 1. The van der Waals surface area contributed by atoms with Crippen LogP contribution in [0.5, 0.6) is 11.5 Å². The Hall–Kier alpha value is -1.97. The molecule has 0 spiro atoms. The summed E-state index contributed by atoms with van der Waals surface area (Å²) in [6, 6.07) is 5.06. The smallest absolute Gasteiger partial charge is 0.332 e. The van der Waals surface area contributed by atoms with Crippen molar-refractivity contribution in [3.05, 3.63) is 23.8 Å². The van der Waals surface area contributed by atoms with Crippen molar-refractivity contribution >= 4 is 22.8 Å². The first-order chi connectivity index (χ1) is 16.7. The van der Waals surface area contributed by atoms with E-state index in [0.29, 0.717) is 55.1 Å². The molecule has 12 nitrogen and oxygen atoms in total. The molecule has 1 aliphatic heterocycles. The van der Waals surface area contributed by atoms with Gasteiger partial charge in [-0.2, -0.15) is 0 Å². The van der Waals surface area contributed by atoms with Gasteiger partial charge in [0.25, 0.3) is 0 Å². The normalized spacial score (nSPS) is 17.5. The number of aliphatic imine (C=N–C) groups is 1. The molecule has 0 saturated heterocycles. The zero-order valence-electron chi connectivity index (χ0n) is 20.0. The minimum atomic E-state index is -1.21. The third-order valence-electron chi connectivity index (χ3n) is 4.76. The largest absolute Gasteiger partial charge is 0.504 e. The van der Waals surface area contributed by atoms with E-state index in [0.717, 1.165) is 0 Å². The van der Waals surface area contributed by atoms with E-state index in [4.69, 9.17) is 40.0 Å². The van der Waals surface area contributed by atoms with Gasteiger partial charge in [-0.1, -0.05) is 6.07 Å². The van der Waals surface area contributed by atoms with Crippen molar-refractivity contribution in [2.75, 3.05) is 72.3 Å². The summed E-state index contributed by atoms with van der Waals surface area (Å²) in [5, 5.41) is 45.2. The molecule has 35 heavy (non-hydrogen) atoms. The highest BCUT2D eigenvalue weighted by atomic mass is 32.2. The van der Waals surface area contributed by atoms with Crippen LogP contribution in [0.3, 0.4) is 0 Å². The van der Waals surface area contributed by atoms with Gasteiger partial charge >= 0.3 is 5.97 Å². The minimum Gasteiger partial charge on any atom is -0.504 e. The number of carboxylic acid groups (broad SMARTS) is 1. The molecule has 1 aromatic rings. The number of hydrogen-bond acceptors (Lipinski definition) is 12. The summed E-state index contributed by atoms with van der Waals surface area (Å²) in [6.07, 6.45) is 0. The number of aliphatic carboxylic acids is 1. The fraction of sp³-hybridized carbons (Fsp3) is 0.636. The Morgan fingerprint density at radius 1 is 1.09 bits per heavy atom. The molecule has 0 aromatic heterocycles. The number of methoxy groups -OCH3 is 1. The highest BCUT2D eigenvalue weighted by Crippen LogP contribution is 2.37. The van der Waals surface area contributed by atoms with Crippen molar-refractivity contribution in [2.45, 2.75) is 18.0 Å². The van der Waals surface area contributed by atoms with Crippen LogP contribution in [0.4, 0.5) is 0 Å². The molecule has 1 aliphatic rings. The fourth-order valence-corrected chi connectivity index (χ4v) is 3.57. The lowest BCUT2D eigenvalue weighted by atomic mass is 10.1. The number of phenols is 1. The van der Waals surface area contributed by atoms with Crippen LogP contribution in [0.1, 0.15) is 12.5 Å². The van der Waals surface area contributed by atoms with Crippen molar-refractivity contribution in [3.8, 4) is 11.5 Å². The molecular formula is C22H36N2O10S. The highest BCUT2D eigenvalue weighted by molar-refractivity contribution is 8.14. The summed E-state index contributed by atoms with van der Waals surface area (Å²) in [7, 11) is 1.62. The van der Waals surface area contributed by atoms with E-state index < -0.39 is 36.9 Å². The number of carboxylic acids is 1. The first-order valence-corrected chi connectivity index (χ1v) is 11.8. The third-order valence-corrected chi connectivity index (χ3v) is 6.05. The topological polar surface area (TPSA) is 194 Å². The zero-order chi connectivity index (χ0) is 26.3. The molecule has 0 bridgehead atoms. The summed E-state index contributed by atoms with van der Waals surface area (Å²) in [5.74, 6) is -0.413. The van der Waals surface area contributed by atoms with Gasteiger partial charge in [0.2, 0.25) is 0 Å². The van der Waals surface area contributed by atoms with Gasteiger partial charge in [-0.15, -0.1) is 11.8 Å². The second-order valence-corrected chi connectivity index (χ2v) is 8.80. The van der Waals surface area contributed by atoms with Gasteiger partial charge < -0.3 is 50.2 Å². The predicted molar refractivity (Wildman–Crippen MR) is 130 cm³/mol. The molecule has 1 heterocycles. The second-order valence-electron chi connectivity index (χ2n) is 7.84. The average molecular weight is 521 g/mol. The van der Waals surface area contributed by atoms with Crippen molar-refractivity contribution < 1.29 is 49.3 Å². The van der Waals surface area contributed by atoms with E-state index in [9.17, 15) is 15.0 Å². The summed E-state index contributed by atoms with van der Waals surface area (Å²) in [4.78, 5) is 15.6. The average Bonchev–Trinajstić information content (AvgIpc) is 3.27. The maximum Gasteiger partial charge on any atom is 0.332 e. The van der Waals surface area contributed by atoms with Crippen molar-refractivity contribution in [1.29, 1.82) is 0 Å². The summed E-state index contributed by atoms with van der Waals surface area (Å²) >= 11 is 1.30. The monoisotopic (exact) mass is 520 g/mol. The molecule has 0 amide bonds. The number of hydrogen-bond donors (Lipinski definition) is 6. The van der Waals surface area contributed by atoms with Gasteiger partial charge in [0.1, 0.15) is 11.7 Å². The Labute approximate surface area is 208 Å². The Morgan fingerprint density at radius 3 is 2.14 bits per heavy atom. The Morgan fingerprint density at radius 2 is 1.66 bits per heavy atom. The number of benzene rings is 1. The number of ether oxygens (including phenoxy) is 4. The third kappa shape index (κ3) is 10.3. The zero-order valence-corrected chi connectivity index (χ0v) is 20.8. The number of thioether (sulfide) groups is 1. The van der Waals surface area contributed by atoms with Crippen LogP contribution in [0.15, 0.2) is 23.2 Å². The first-order valence-electron chi connectivity index (χ1n) is 10.8. The van der Waals surface area contributed by atoms with E-state index in [1.165, 1.54) is 11.8 Å². The molecule has 7 N–H and O–H groups in total. The van der Waals surface area contributed by atoms with Crippen LogP contribution in [0.2, 0.25) is 0 Å². The lowest BCUT2D eigenvalue weighted by molar-refractivity contribution is -0.141. The number of phenolic OH excluding ortho intramolecular Hbond substituents is 1. The Bertz CT molecular complexity index is 798. The molecule has 0 fully saturated rings. The maximum absolute atomic E-state index is 11.3. The lowest BCUT2D eigenvalue weighted by Gasteiger charge is -2.20.